The summed E-state index contributed by atoms with van der Waals surface area (Å²) in [7, 11) is 3.50. The van der Waals surface area contributed by atoms with Crippen molar-refractivity contribution in [2.24, 2.45) is 13.0 Å². The van der Waals surface area contributed by atoms with E-state index in [0.717, 1.165) is 34.3 Å². The molecule has 4 aromatic rings. The molecule has 11 nitrogen and oxygen atoms in total. The Morgan fingerprint density at radius 1 is 1.12 bits per heavy atom. The number of hydrogen-bond donors (Lipinski definition) is 2. The first-order chi connectivity index (χ1) is 19.5. The van der Waals surface area contributed by atoms with Crippen molar-refractivity contribution in [3.05, 3.63) is 72.3 Å². The van der Waals surface area contributed by atoms with Gasteiger partial charge in [-0.15, -0.1) is 5.10 Å². The van der Waals surface area contributed by atoms with Crippen molar-refractivity contribution in [2.45, 2.75) is 43.9 Å². The van der Waals surface area contributed by atoms with E-state index in [9.17, 15) is 9.59 Å². The number of amides is 2. The lowest BCUT2D eigenvalue weighted by Crippen LogP contribution is -2.51. The molecule has 0 radical (unpaired) electrons. The number of nitrogens with zero attached hydrogens (tertiary/aromatic N) is 6. The maximum atomic E-state index is 13.8. The first kappa shape index (κ1) is 26.0. The monoisotopic (exact) mass is 542 g/mol. The molecule has 2 amide bonds. The molecule has 2 fully saturated rings. The highest BCUT2D eigenvalue weighted by atomic mass is 16.5. The average molecular weight is 543 g/mol. The number of likely N-dealkylation sites (tertiary alicyclic amines) is 1. The predicted molar refractivity (Wildman–Crippen MR) is 148 cm³/mol. The van der Waals surface area contributed by atoms with Gasteiger partial charge in [0.1, 0.15) is 17.3 Å². The van der Waals surface area contributed by atoms with Gasteiger partial charge in [0.25, 0.3) is 0 Å². The van der Waals surface area contributed by atoms with Crippen molar-refractivity contribution in [2.75, 3.05) is 20.2 Å². The van der Waals surface area contributed by atoms with Gasteiger partial charge in [0.15, 0.2) is 0 Å². The van der Waals surface area contributed by atoms with Crippen molar-refractivity contribution < 1.29 is 14.3 Å². The average Bonchev–Trinajstić information content (AvgIpc) is 3.79. The number of aromatic nitrogens is 5. The molecule has 2 aliphatic heterocycles. The SMILES string of the molecule is COc1ccc(CC2CC(C(=O)NCc3ccc4c(c3)nnn4C)N(C(=O)C3CC(n4ccnc4)CN3)C2)cc1. The van der Waals surface area contributed by atoms with Crippen molar-refractivity contribution in [1.29, 1.82) is 0 Å². The highest BCUT2D eigenvalue weighted by Gasteiger charge is 2.43. The number of ether oxygens (including phenoxy) is 1. The van der Waals surface area contributed by atoms with Gasteiger partial charge in [-0.05, 0) is 60.6 Å². The molecule has 0 bridgehead atoms. The second kappa shape index (κ2) is 11.1. The zero-order valence-electron chi connectivity index (χ0n) is 22.7. The minimum Gasteiger partial charge on any atom is -0.497 e. The van der Waals surface area contributed by atoms with E-state index in [1.54, 1.807) is 29.2 Å². The number of rotatable bonds is 8. The van der Waals surface area contributed by atoms with Crippen LogP contribution in [-0.2, 0) is 29.6 Å². The van der Waals surface area contributed by atoms with Crippen LogP contribution in [0.15, 0.2) is 61.2 Å². The van der Waals surface area contributed by atoms with Crippen LogP contribution in [0, 0.1) is 5.92 Å². The van der Waals surface area contributed by atoms with Gasteiger partial charge in [-0.2, -0.15) is 0 Å². The molecule has 0 aliphatic carbocycles. The number of benzene rings is 2. The zero-order chi connectivity index (χ0) is 27.6. The summed E-state index contributed by atoms with van der Waals surface area (Å²) in [5, 5.41) is 14.7. The van der Waals surface area contributed by atoms with Gasteiger partial charge in [0.2, 0.25) is 11.8 Å². The van der Waals surface area contributed by atoms with Crippen molar-refractivity contribution in [3.8, 4) is 5.75 Å². The van der Waals surface area contributed by atoms with Crippen LogP contribution in [0.4, 0.5) is 0 Å². The van der Waals surface area contributed by atoms with E-state index in [0.29, 0.717) is 32.5 Å². The van der Waals surface area contributed by atoms with E-state index >= 15 is 0 Å². The number of imidazole rings is 1. The Hall–Kier alpha value is -4.25. The van der Waals surface area contributed by atoms with Gasteiger partial charge in [-0.3, -0.25) is 9.59 Å². The molecule has 0 saturated carbocycles. The van der Waals surface area contributed by atoms with Crippen molar-refractivity contribution in [1.82, 2.24) is 40.1 Å². The third-order valence-corrected chi connectivity index (χ3v) is 8.15. The molecule has 208 valence electrons. The smallest absolute Gasteiger partial charge is 0.243 e. The second-order valence-corrected chi connectivity index (χ2v) is 10.8. The number of carbonyl (C=O) groups is 2. The number of hydrogen-bond acceptors (Lipinski definition) is 7. The molecule has 0 spiro atoms. The highest BCUT2D eigenvalue weighted by Crippen LogP contribution is 2.30. The number of methoxy groups -OCH3 is 1. The maximum absolute atomic E-state index is 13.8. The standard InChI is InChI=1S/C29H34N8O3/c1-35-26-8-5-20(12-24(26)33-34-35)15-32-28(38)27-13-21(11-19-3-6-23(40-2)7-4-19)17-37(27)29(39)25-14-22(16-31-25)36-10-9-30-18-36/h3-10,12,18,21-22,25,27,31H,11,13-17H2,1-2H3,(H,32,38). The molecule has 4 heterocycles. The van der Waals surface area contributed by atoms with E-state index < -0.39 is 6.04 Å². The fraction of sp³-hybridized carbons (Fsp3) is 0.414. The van der Waals surface area contributed by atoms with E-state index in [1.165, 1.54) is 0 Å². The summed E-state index contributed by atoms with van der Waals surface area (Å²) in [6.07, 6.45) is 7.54. The molecule has 2 saturated heterocycles. The van der Waals surface area contributed by atoms with Crippen LogP contribution < -0.4 is 15.4 Å². The molecule has 6 rings (SSSR count). The number of fused-ring (bicyclic) bond motifs is 1. The number of carbonyl (C=O) groups excluding carboxylic acids is 2. The van der Waals surface area contributed by atoms with Gasteiger partial charge in [0, 0.05) is 45.1 Å². The van der Waals surface area contributed by atoms with Crippen LogP contribution in [0.25, 0.3) is 11.0 Å². The van der Waals surface area contributed by atoms with Crippen molar-refractivity contribution >= 4 is 22.8 Å². The van der Waals surface area contributed by atoms with Crippen LogP contribution in [-0.4, -0.2) is 73.5 Å². The molecule has 11 heteroatoms. The quantitative estimate of drug-likeness (QED) is 0.349. The lowest BCUT2D eigenvalue weighted by molar-refractivity contribution is -0.139. The third-order valence-electron chi connectivity index (χ3n) is 8.15. The van der Waals surface area contributed by atoms with Gasteiger partial charge in [0.05, 0.1) is 25.0 Å². The Bertz CT molecular complexity index is 1480. The second-order valence-electron chi connectivity index (χ2n) is 10.8. The Morgan fingerprint density at radius 3 is 2.73 bits per heavy atom. The summed E-state index contributed by atoms with van der Waals surface area (Å²) in [4.78, 5) is 33.3. The van der Waals surface area contributed by atoms with Gasteiger partial charge < -0.3 is 24.8 Å². The van der Waals surface area contributed by atoms with Gasteiger partial charge >= 0.3 is 0 Å². The Morgan fingerprint density at radius 2 is 1.95 bits per heavy atom. The van der Waals surface area contributed by atoms with Gasteiger partial charge in [-0.1, -0.05) is 23.4 Å². The molecule has 2 aromatic heterocycles. The maximum Gasteiger partial charge on any atom is 0.243 e. The normalized spacial score (nSPS) is 22.6. The molecular weight excluding hydrogens is 508 g/mol. The summed E-state index contributed by atoms with van der Waals surface area (Å²) in [5.74, 6) is 0.841. The largest absolute Gasteiger partial charge is 0.497 e. The molecule has 4 unspecified atom stereocenters. The first-order valence-corrected chi connectivity index (χ1v) is 13.7. The summed E-state index contributed by atoms with van der Waals surface area (Å²) in [6.45, 7) is 1.59. The number of nitrogens with one attached hydrogen (secondary N) is 2. The van der Waals surface area contributed by atoms with E-state index in [4.69, 9.17) is 4.74 Å². The summed E-state index contributed by atoms with van der Waals surface area (Å²) >= 11 is 0. The van der Waals surface area contributed by atoms with Gasteiger partial charge in [-0.25, -0.2) is 9.67 Å². The fourth-order valence-electron chi connectivity index (χ4n) is 5.98. The minimum absolute atomic E-state index is 0.0130. The van der Waals surface area contributed by atoms with Crippen LogP contribution >= 0.6 is 0 Å². The molecule has 2 N–H and O–H groups in total. The third kappa shape index (κ3) is 5.29. The van der Waals surface area contributed by atoms with E-state index in [-0.39, 0.29) is 29.8 Å². The summed E-state index contributed by atoms with van der Waals surface area (Å²) < 4.78 is 9.05. The fourth-order valence-corrected chi connectivity index (χ4v) is 5.98. The minimum atomic E-state index is -0.523. The lowest BCUT2D eigenvalue weighted by atomic mass is 9.96. The predicted octanol–water partition coefficient (Wildman–Crippen LogP) is 1.85. The highest BCUT2D eigenvalue weighted by molar-refractivity contribution is 5.90. The summed E-state index contributed by atoms with van der Waals surface area (Å²) in [6, 6.07) is 13.2. The van der Waals surface area contributed by atoms with Crippen LogP contribution in [0.5, 0.6) is 5.75 Å². The molecular formula is C29H34N8O3. The van der Waals surface area contributed by atoms with E-state index in [1.807, 2.05) is 48.1 Å². The number of aryl methyl sites for hydroxylation is 1. The summed E-state index contributed by atoms with van der Waals surface area (Å²) in [5.41, 5.74) is 3.82. The Labute approximate surface area is 232 Å². The molecule has 2 aliphatic rings. The topological polar surface area (TPSA) is 119 Å². The van der Waals surface area contributed by atoms with Crippen LogP contribution in [0.2, 0.25) is 0 Å². The van der Waals surface area contributed by atoms with Crippen molar-refractivity contribution in [3.63, 3.8) is 0 Å². The molecule has 2 aromatic carbocycles. The lowest BCUT2D eigenvalue weighted by Gasteiger charge is -2.27. The molecule has 40 heavy (non-hydrogen) atoms. The van der Waals surface area contributed by atoms with E-state index in [2.05, 4.69) is 38.1 Å². The first-order valence-electron chi connectivity index (χ1n) is 13.7. The van der Waals surface area contributed by atoms with Crippen LogP contribution in [0.1, 0.15) is 30.0 Å². The molecule has 4 atom stereocenters. The Balaban J connectivity index is 1.16. The zero-order valence-corrected chi connectivity index (χ0v) is 22.7. The van der Waals surface area contributed by atoms with Crippen LogP contribution in [0.3, 0.4) is 0 Å². The Kier molecular flexibility index (Phi) is 7.21.